The smallest absolute Gasteiger partial charge is 0.302 e. The molecule has 0 bridgehead atoms. The van der Waals surface area contributed by atoms with Crippen molar-refractivity contribution in [3.05, 3.63) is 0 Å². The molecule has 0 unspecified atom stereocenters. The summed E-state index contributed by atoms with van der Waals surface area (Å²) < 4.78 is 31.6. The average molecular weight is 530 g/mol. The van der Waals surface area contributed by atoms with Gasteiger partial charge < -0.3 is 74.4 Å². The summed E-state index contributed by atoms with van der Waals surface area (Å²) in [5.74, 6) is -0.675. The van der Waals surface area contributed by atoms with Crippen molar-refractivity contribution in [3.63, 3.8) is 0 Å². The molecule has 210 valence electrons. The predicted octanol–water partition coefficient (Wildman–Crippen LogP) is -5.97. The number of carbonyl (C=O) groups excluding carboxylic acids is 1. The molecule has 0 radical (unpaired) electrons. The average Bonchev–Trinajstić information content (AvgIpc) is 2.83. The van der Waals surface area contributed by atoms with Crippen LogP contribution in [0.15, 0.2) is 0 Å². The molecule has 3 fully saturated rings. The highest BCUT2D eigenvalue weighted by atomic mass is 16.7. The molecule has 3 heterocycles. The van der Waals surface area contributed by atoms with Crippen molar-refractivity contribution >= 4 is 5.97 Å². The standard InChI is InChI=1S/C20H34O16/c1-5-17(13(26)14(27)18(30)33-5)36-20-16(29)12(25)10(23)8(35-20)4-32-19-15(28)11(24)9(22)7(34-19)3-31-6(2)21/h5,7-20,22-30H,3-4H2,1-2H3/t5-,7+,8+,9+,10-,11-,12-,13-,14-,15+,16+,17+,18-,19+,20+/m1/s1. The van der Waals surface area contributed by atoms with Gasteiger partial charge in [0.2, 0.25) is 0 Å². The highest BCUT2D eigenvalue weighted by molar-refractivity contribution is 5.65. The van der Waals surface area contributed by atoms with Crippen LogP contribution in [0.4, 0.5) is 0 Å². The number of rotatable bonds is 7. The van der Waals surface area contributed by atoms with Crippen LogP contribution in [-0.2, 0) is 33.2 Å². The monoisotopic (exact) mass is 530 g/mol. The maximum Gasteiger partial charge on any atom is 0.302 e. The van der Waals surface area contributed by atoms with E-state index in [1.54, 1.807) is 0 Å². The van der Waals surface area contributed by atoms with Crippen molar-refractivity contribution in [1.82, 2.24) is 0 Å². The molecule has 0 aliphatic carbocycles. The zero-order valence-corrected chi connectivity index (χ0v) is 19.5. The lowest BCUT2D eigenvalue weighted by Gasteiger charge is -2.45. The lowest BCUT2D eigenvalue weighted by Crippen LogP contribution is -2.64. The van der Waals surface area contributed by atoms with Crippen LogP contribution >= 0.6 is 0 Å². The second-order valence-electron chi connectivity index (χ2n) is 8.98. The summed E-state index contributed by atoms with van der Waals surface area (Å²) in [6, 6.07) is 0. The molecule has 3 aliphatic heterocycles. The van der Waals surface area contributed by atoms with E-state index in [-0.39, 0.29) is 0 Å². The van der Waals surface area contributed by atoms with Gasteiger partial charge in [-0.25, -0.2) is 0 Å². The van der Waals surface area contributed by atoms with Crippen LogP contribution in [0.25, 0.3) is 0 Å². The number of esters is 1. The Kier molecular flexibility index (Phi) is 9.97. The van der Waals surface area contributed by atoms with Crippen LogP contribution in [0.2, 0.25) is 0 Å². The first-order chi connectivity index (χ1) is 16.8. The zero-order valence-electron chi connectivity index (χ0n) is 19.5. The molecule has 0 aromatic rings. The summed E-state index contributed by atoms with van der Waals surface area (Å²) in [6.07, 6.45) is -23.7. The third-order valence-electron chi connectivity index (χ3n) is 6.30. The highest BCUT2D eigenvalue weighted by Gasteiger charge is 2.50. The Hall–Kier alpha value is -1.09. The van der Waals surface area contributed by atoms with E-state index in [1.165, 1.54) is 6.92 Å². The van der Waals surface area contributed by atoms with Gasteiger partial charge in [0.05, 0.1) is 12.7 Å². The first-order valence-electron chi connectivity index (χ1n) is 11.3. The Morgan fingerprint density at radius 3 is 1.78 bits per heavy atom. The molecule has 16 heteroatoms. The van der Waals surface area contributed by atoms with Crippen molar-refractivity contribution in [1.29, 1.82) is 0 Å². The Morgan fingerprint density at radius 1 is 0.667 bits per heavy atom. The Bertz CT molecular complexity index is 726. The quantitative estimate of drug-likeness (QED) is 0.139. The van der Waals surface area contributed by atoms with Crippen LogP contribution in [-0.4, -0.2) is 157 Å². The number of aliphatic hydroxyl groups excluding tert-OH is 9. The van der Waals surface area contributed by atoms with Gasteiger partial charge in [-0.2, -0.15) is 0 Å². The third-order valence-corrected chi connectivity index (χ3v) is 6.30. The van der Waals surface area contributed by atoms with E-state index in [1.807, 2.05) is 0 Å². The van der Waals surface area contributed by atoms with Crippen LogP contribution in [0.3, 0.4) is 0 Å². The molecular weight excluding hydrogens is 496 g/mol. The highest BCUT2D eigenvalue weighted by Crippen LogP contribution is 2.29. The van der Waals surface area contributed by atoms with E-state index in [0.717, 1.165) is 6.92 Å². The minimum Gasteiger partial charge on any atom is -0.463 e. The summed E-state index contributed by atoms with van der Waals surface area (Å²) in [6.45, 7) is 1.50. The largest absolute Gasteiger partial charge is 0.463 e. The molecule has 9 N–H and O–H groups in total. The van der Waals surface area contributed by atoms with E-state index in [9.17, 15) is 50.8 Å². The lowest BCUT2D eigenvalue weighted by molar-refractivity contribution is -0.359. The zero-order chi connectivity index (χ0) is 26.9. The van der Waals surface area contributed by atoms with Crippen molar-refractivity contribution < 1.29 is 79.2 Å². The molecular formula is C20H34O16. The first kappa shape index (κ1) is 29.5. The second kappa shape index (κ2) is 12.2. The van der Waals surface area contributed by atoms with E-state index in [4.69, 9.17) is 28.4 Å². The Labute approximate surface area is 205 Å². The number of hydrogen-bond donors (Lipinski definition) is 9. The van der Waals surface area contributed by atoms with Crippen LogP contribution in [0, 0.1) is 0 Å². The molecule has 16 nitrogen and oxygen atoms in total. The SMILES string of the molecule is CC(=O)OC[C@@H]1O[C@H](OC[C@@H]2O[C@@H](O[C@@H]3[C@H](O)[C@@H](O)[C@H](O)O[C@@H]3C)[C@@H](O)[C@H](O)[C@@H]2O)[C@@H](O)[C@H](O)[C@H]1O. The molecule has 0 saturated carbocycles. The molecule has 3 saturated heterocycles. The third kappa shape index (κ3) is 6.30. The predicted molar refractivity (Wildman–Crippen MR) is 109 cm³/mol. The van der Waals surface area contributed by atoms with Gasteiger partial charge >= 0.3 is 5.97 Å². The molecule has 3 aliphatic rings. The minimum atomic E-state index is -1.81. The topological polar surface area (TPSA) is 255 Å². The number of ether oxygens (including phenoxy) is 6. The van der Waals surface area contributed by atoms with Gasteiger partial charge in [-0.05, 0) is 6.92 Å². The second-order valence-corrected chi connectivity index (χ2v) is 8.98. The fourth-order valence-electron chi connectivity index (χ4n) is 4.11. The molecule has 3 rings (SSSR count). The van der Waals surface area contributed by atoms with Crippen molar-refractivity contribution in [2.24, 2.45) is 0 Å². The maximum atomic E-state index is 11.0. The number of aliphatic hydroxyl groups is 9. The van der Waals surface area contributed by atoms with Gasteiger partial charge in [0.1, 0.15) is 73.8 Å². The first-order valence-corrected chi connectivity index (χ1v) is 11.3. The van der Waals surface area contributed by atoms with Gasteiger partial charge in [0, 0.05) is 6.92 Å². The van der Waals surface area contributed by atoms with Gasteiger partial charge in [-0.1, -0.05) is 0 Å². The summed E-state index contributed by atoms with van der Waals surface area (Å²) in [4.78, 5) is 11.0. The Morgan fingerprint density at radius 2 is 1.19 bits per heavy atom. The van der Waals surface area contributed by atoms with Gasteiger partial charge in [-0.15, -0.1) is 0 Å². The number of carbonyl (C=O) groups is 1. The summed E-state index contributed by atoms with van der Waals surface area (Å²) >= 11 is 0. The van der Waals surface area contributed by atoms with Gasteiger partial charge in [-0.3, -0.25) is 4.79 Å². The molecule has 0 amide bonds. The van der Waals surface area contributed by atoms with E-state index in [0.29, 0.717) is 0 Å². The van der Waals surface area contributed by atoms with E-state index < -0.39 is 111 Å². The van der Waals surface area contributed by atoms with Crippen molar-refractivity contribution in [2.75, 3.05) is 13.2 Å². The fourth-order valence-corrected chi connectivity index (χ4v) is 4.11. The normalized spacial score (nSPS) is 50.0. The molecule has 36 heavy (non-hydrogen) atoms. The lowest BCUT2D eigenvalue weighted by atomic mass is 9.97. The van der Waals surface area contributed by atoms with E-state index >= 15 is 0 Å². The van der Waals surface area contributed by atoms with Crippen molar-refractivity contribution in [3.8, 4) is 0 Å². The minimum absolute atomic E-state index is 0.450. The van der Waals surface area contributed by atoms with Gasteiger partial charge in [0.25, 0.3) is 0 Å². The van der Waals surface area contributed by atoms with Crippen LogP contribution < -0.4 is 0 Å². The number of hydrogen-bond acceptors (Lipinski definition) is 16. The van der Waals surface area contributed by atoms with E-state index in [2.05, 4.69) is 0 Å². The van der Waals surface area contributed by atoms with Crippen LogP contribution in [0.1, 0.15) is 13.8 Å². The summed E-state index contributed by atoms with van der Waals surface area (Å²) in [5, 5.41) is 90.9. The van der Waals surface area contributed by atoms with Crippen LogP contribution in [0.5, 0.6) is 0 Å². The Balaban J connectivity index is 1.64. The molecule has 0 aromatic carbocycles. The molecule has 15 atom stereocenters. The van der Waals surface area contributed by atoms with Crippen molar-refractivity contribution in [2.45, 2.75) is 106 Å². The fraction of sp³-hybridized carbons (Fsp3) is 0.950. The van der Waals surface area contributed by atoms with Gasteiger partial charge in [0.15, 0.2) is 18.9 Å². The molecule has 0 spiro atoms. The molecule has 0 aromatic heterocycles. The maximum absolute atomic E-state index is 11.0. The summed E-state index contributed by atoms with van der Waals surface area (Å²) in [7, 11) is 0. The summed E-state index contributed by atoms with van der Waals surface area (Å²) in [5.41, 5.74) is 0.